The molecule has 1 atom stereocenters. The minimum Gasteiger partial charge on any atom is -0.472 e. The summed E-state index contributed by atoms with van der Waals surface area (Å²) in [5, 5.41) is 3.30. The Labute approximate surface area is 114 Å². The van der Waals surface area contributed by atoms with E-state index in [4.69, 9.17) is 9.47 Å². The zero-order valence-corrected chi connectivity index (χ0v) is 12.0. The summed E-state index contributed by atoms with van der Waals surface area (Å²) in [5.74, 6) is 2.92. The molecule has 1 aliphatic rings. The van der Waals surface area contributed by atoms with E-state index in [0.29, 0.717) is 18.4 Å². The number of nitrogens with one attached hydrogen (secondary N) is 1. The lowest BCUT2D eigenvalue weighted by Crippen LogP contribution is -2.19. The van der Waals surface area contributed by atoms with Crippen LogP contribution in [0.2, 0.25) is 0 Å². The van der Waals surface area contributed by atoms with Crippen molar-refractivity contribution in [3.63, 3.8) is 0 Å². The van der Waals surface area contributed by atoms with Crippen molar-refractivity contribution in [2.24, 2.45) is 0 Å². The van der Waals surface area contributed by atoms with Crippen LogP contribution in [0.3, 0.4) is 0 Å². The van der Waals surface area contributed by atoms with Crippen LogP contribution in [0.5, 0.6) is 5.88 Å². The summed E-state index contributed by atoms with van der Waals surface area (Å²) in [6, 6.07) is 1.87. The molecule has 0 saturated heterocycles. The molecular formula is C14H23N3O2. The number of rotatable bonds is 8. The van der Waals surface area contributed by atoms with Crippen LogP contribution in [-0.4, -0.2) is 36.3 Å². The molecular weight excluding hydrogens is 242 g/mol. The number of anilines is 1. The number of ether oxygens (including phenoxy) is 2. The van der Waals surface area contributed by atoms with Crippen molar-refractivity contribution >= 4 is 5.82 Å². The van der Waals surface area contributed by atoms with Crippen molar-refractivity contribution in [1.82, 2.24) is 9.97 Å². The normalized spacial score (nSPS) is 16.2. The van der Waals surface area contributed by atoms with Gasteiger partial charge in [0.05, 0.1) is 6.61 Å². The lowest BCUT2D eigenvalue weighted by Gasteiger charge is -2.14. The molecule has 1 saturated carbocycles. The van der Waals surface area contributed by atoms with Gasteiger partial charge in [0.25, 0.3) is 0 Å². The Balaban J connectivity index is 2.09. The number of methoxy groups -OCH3 is 1. The molecule has 1 heterocycles. The monoisotopic (exact) mass is 265 g/mol. The smallest absolute Gasteiger partial charge is 0.219 e. The second-order valence-corrected chi connectivity index (χ2v) is 5.03. The molecule has 0 radical (unpaired) electrons. The summed E-state index contributed by atoms with van der Waals surface area (Å²) in [6.07, 6.45) is 3.43. The molecule has 1 N–H and O–H groups in total. The second kappa shape index (κ2) is 6.70. The van der Waals surface area contributed by atoms with Crippen LogP contribution < -0.4 is 10.1 Å². The molecule has 1 aromatic heterocycles. The van der Waals surface area contributed by atoms with Gasteiger partial charge in [-0.3, -0.25) is 0 Å². The van der Waals surface area contributed by atoms with Gasteiger partial charge in [0.2, 0.25) is 5.88 Å². The number of hydrogen-bond donors (Lipinski definition) is 1. The third-order valence-electron chi connectivity index (χ3n) is 2.94. The van der Waals surface area contributed by atoms with Crippen LogP contribution in [0.1, 0.15) is 44.9 Å². The molecule has 0 spiro atoms. The van der Waals surface area contributed by atoms with E-state index in [1.165, 1.54) is 12.8 Å². The molecule has 1 fully saturated rings. The third-order valence-corrected chi connectivity index (χ3v) is 2.94. The van der Waals surface area contributed by atoms with Gasteiger partial charge in [-0.1, -0.05) is 6.92 Å². The number of aromatic nitrogens is 2. The first kappa shape index (κ1) is 14.1. The predicted octanol–water partition coefficient (Wildman–Crippen LogP) is 2.59. The van der Waals surface area contributed by atoms with Crippen molar-refractivity contribution in [2.75, 3.05) is 25.6 Å². The first-order valence-electron chi connectivity index (χ1n) is 7.01. The molecule has 1 aliphatic carbocycles. The maximum atomic E-state index is 5.78. The van der Waals surface area contributed by atoms with E-state index in [2.05, 4.69) is 22.2 Å². The van der Waals surface area contributed by atoms with Crippen LogP contribution in [0.25, 0.3) is 0 Å². The Morgan fingerprint density at radius 3 is 2.84 bits per heavy atom. The van der Waals surface area contributed by atoms with Gasteiger partial charge in [-0.25, -0.2) is 4.98 Å². The zero-order valence-electron chi connectivity index (χ0n) is 12.0. The van der Waals surface area contributed by atoms with Crippen LogP contribution in [0.15, 0.2) is 6.07 Å². The van der Waals surface area contributed by atoms with Crippen molar-refractivity contribution < 1.29 is 9.47 Å². The first-order chi connectivity index (χ1) is 9.22. The minimum absolute atomic E-state index is 0.00835. The van der Waals surface area contributed by atoms with Gasteiger partial charge in [0.15, 0.2) is 0 Å². The van der Waals surface area contributed by atoms with E-state index < -0.39 is 0 Å². The Bertz CT molecular complexity index is 408. The molecule has 0 bridgehead atoms. The molecule has 0 aromatic carbocycles. The van der Waals surface area contributed by atoms with Gasteiger partial charge >= 0.3 is 0 Å². The van der Waals surface area contributed by atoms with Gasteiger partial charge in [0, 0.05) is 25.6 Å². The fraction of sp³-hybridized carbons (Fsp3) is 0.714. The molecule has 106 valence electrons. The van der Waals surface area contributed by atoms with Gasteiger partial charge < -0.3 is 14.8 Å². The van der Waals surface area contributed by atoms with Crippen LogP contribution >= 0.6 is 0 Å². The number of hydrogen-bond acceptors (Lipinski definition) is 5. The highest BCUT2D eigenvalue weighted by Crippen LogP contribution is 2.39. The van der Waals surface area contributed by atoms with Gasteiger partial charge in [-0.2, -0.15) is 4.98 Å². The largest absolute Gasteiger partial charge is 0.472 e. The molecule has 0 aliphatic heterocycles. The zero-order chi connectivity index (χ0) is 13.7. The van der Waals surface area contributed by atoms with Crippen molar-refractivity contribution in [3.8, 4) is 5.88 Å². The summed E-state index contributed by atoms with van der Waals surface area (Å²) >= 11 is 0. The maximum absolute atomic E-state index is 5.78. The second-order valence-electron chi connectivity index (χ2n) is 5.03. The maximum Gasteiger partial charge on any atom is 0.219 e. The molecule has 5 nitrogen and oxygen atoms in total. The summed E-state index contributed by atoms with van der Waals surface area (Å²) < 4.78 is 10.9. The standard InChI is InChI=1S/C14H23N3O2/c1-4-7-15-12-8-13(19-10(2)9-18-3)17-14(16-12)11-5-6-11/h8,10-11H,4-7,9H2,1-3H3,(H,15,16,17). The highest BCUT2D eigenvalue weighted by molar-refractivity contribution is 5.39. The van der Waals surface area contributed by atoms with Crippen molar-refractivity contribution in [3.05, 3.63) is 11.9 Å². The Hall–Kier alpha value is -1.36. The molecule has 2 rings (SSSR count). The fourth-order valence-electron chi connectivity index (χ4n) is 1.85. The highest BCUT2D eigenvalue weighted by Gasteiger charge is 2.27. The minimum atomic E-state index is -0.00835. The molecule has 5 heteroatoms. The molecule has 0 amide bonds. The number of nitrogens with zero attached hydrogens (tertiary/aromatic N) is 2. The summed E-state index contributed by atoms with van der Waals surface area (Å²) in [6.45, 7) is 5.57. The highest BCUT2D eigenvalue weighted by atomic mass is 16.5. The molecule has 19 heavy (non-hydrogen) atoms. The topological polar surface area (TPSA) is 56.3 Å². The summed E-state index contributed by atoms with van der Waals surface area (Å²) in [4.78, 5) is 9.05. The average Bonchev–Trinajstić information content (AvgIpc) is 3.20. The Morgan fingerprint density at radius 1 is 1.42 bits per heavy atom. The van der Waals surface area contributed by atoms with Crippen molar-refractivity contribution in [2.45, 2.75) is 45.1 Å². The Morgan fingerprint density at radius 2 is 2.21 bits per heavy atom. The quantitative estimate of drug-likeness (QED) is 0.783. The van der Waals surface area contributed by atoms with E-state index in [-0.39, 0.29) is 6.10 Å². The van der Waals surface area contributed by atoms with Crippen molar-refractivity contribution in [1.29, 1.82) is 0 Å². The predicted molar refractivity (Wildman–Crippen MR) is 74.8 cm³/mol. The molecule has 1 aromatic rings. The summed E-state index contributed by atoms with van der Waals surface area (Å²) in [7, 11) is 1.67. The van der Waals surface area contributed by atoms with E-state index in [9.17, 15) is 0 Å². The summed E-state index contributed by atoms with van der Waals surface area (Å²) in [5.41, 5.74) is 0. The first-order valence-corrected chi connectivity index (χ1v) is 7.01. The third kappa shape index (κ3) is 4.35. The van der Waals surface area contributed by atoms with E-state index in [1.807, 2.05) is 13.0 Å². The van der Waals surface area contributed by atoms with E-state index in [0.717, 1.165) is 24.6 Å². The molecule has 1 unspecified atom stereocenters. The van der Waals surface area contributed by atoms with E-state index in [1.54, 1.807) is 7.11 Å². The van der Waals surface area contributed by atoms with Gasteiger partial charge in [-0.15, -0.1) is 0 Å². The SMILES string of the molecule is CCCNc1cc(OC(C)COC)nc(C2CC2)n1. The van der Waals surface area contributed by atoms with E-state index >= 15 is 0 Å². The average molecular weight is 265 g/mol. The van der Waals surface area contributed by atoms with Crippen LogP contribution in [0, 0.1) is 0 Å². The fourth-order valence-corrected chi connectivity index (χ4v) is 1.85. The van der Waals surface area contributed by atoms with Crippen LogP contribution in [-0.2, 0) is 4.74 Å². The van der Waals surface area contributed by atoms with Gasteiger partial charge in [0.1, 0.15) is 17.7 Å². The van der Waals surface area contributed by atoms with Gasteiger partial charge in [-0.05, 0) is 26.2 Å². The Kier molecular flexibility index (Phi) is 4.96. The van der Waals surface area contributed by atoms with Crippen LogP contribution in [0.4, 0.5) is 5.82 Å². The lowest BCUT2D eigenvalue weighted by atomic mass is 10.3. The lowest BCUT2D eigenvalue weighted by molar-refractivity contribution is 0.0887.